The predicted octanol–water partition coefficient (Wildman–Crippen LogP) is 3.57. The fourth-order valence-corrected chi connectivity index (χ4v) is 4.37. The second kappa shape index (κ2) is 5.45. The molecule has 124 valence electrons. The number of fused-ring (bicyclic) bond motifs is 3. The van der Waals surface area contributed by atoms with E-state index in [0.29, 0.717) is 11.8 Å². The average Bonchev–Trinajstić information content (AvgIpc) is 3.35. The van der Waals surface area contributed by atoms with Crippen LogP contribution in [0.3, 0.4) is 0 Å². The van der Waals surface area contributed by atoms with Gasteiger partial charge in [-0.05, 0) is 55.7 Å². The van der Waals surface area contributed by atoms with E-state index in [0.717, 1.165) is 54.8 Å². The number of amides is 1. The lowest BCUT2D eigenvalue weighted by atomic mass is 9.93. The summed E-state index contributed by atoms with van der Waals surface area (Å²) in [4.78, 5) is 20.5. The van der Waals surface area contributed by atoms with Crippen molar-refractivity contribution in [2.24, 2.45) is 17.8 Å². The first-order valence-electron chi connectivity index (χ1n) is 8.87. The number of benzene rings is 1. The highest BCUT2D eigenvalue weighted by Crippen LogP contribution is 2.43. The Morgan fingerprint density at radius 2 is 2.25 bits per heavy atom. The second-order valence-corrected chi connectivity index (χ2v) is 7.23. The third-order valence-corrected chi connectivity index (χ3v) is 5.62. The zero-order valence-corrected chi connectivity index (χ0v) is 13.5. The number of nitrogens with zero attached hydrogens (tertiary/aromatic N) is 1. The zero-order chi connectivity index (χ0) is 16.1. The Bertz CT molecular complexity index is 819. The van der Waals surface area contributed by atoms with E-state index < -0.39 is 0 Å². The van der Waals surface area contributed by atoms with Crippen LogP contribution in [0, 0.1) is 17.8 Å². The summed E-state index contributed by atoms with van der Waals surface area (Å²) in [6.45, 7) is 0.807. The molecule has 5 heteroatoms. The summed E-state index contributed by atoms with van der Waals surface area (Å²) in [6, 6.07) is 5.87. The summed E-state index contributed by atoms with van der Waals surface area (Å²) in [5, 5.41) is 3.09. The molecule has 2 N–H and O–H groups in total. The van der Waals surface area contributed by atoms with Gasteiger partial charge in [0, 0.05) is 18.2 Å². The van der Waals surface area contributed by atoms with E-state index in [-0.39, 0.29) is 17.9 Å². The molecule has 0 radical (unpaired) electrons. The van der Waals surface area contributed by atoms with Crippen LogP contribution < -0.4 is 5.32 Å². The fourth-order valence-electron chi connectivity index (χ4n) is 4.37. The molecule has 24 heavy (non-hydrogen) atoms. The molecule has 5 nitrogen and oxygen atoms in total. The third kappa shape index (κ3) is 2.35. The minimum absolute atomic E-state index is 0.0799. The number of allylic oxidation sites excluding steroid dienone is 2. The van der Waals surface area contributed by atoms with Gasteiger partial charge in [-0.1, -0.05) is 12.2 Å². The highest BCUT2D eigenvalue weighted by molar-refractivity contribution is 5.95. The quantitative estimate of drug-likeness (QED) is 0.849. The largest absolute Gasteiger partial charge is 0.370 e. The maximum atomic E-state index is 12.6. The lowest BCUT2D eigenvalue weighted by molar-refractivity contribution is -0.120. The summed E-state index contributed by atoms with van der Waals surface area (Å²) < 4.78 is 5.69. The molecule has 1 saturated carbocycles. The molecule has 3 aliphatic rings. The molecule has 2 fully saturated rings. The van der Waals surface area contributed by atoms with Gasteiger partial charge in [0.2, 0.25) is 5.91 Å². The molecule has 1 aromatic carbocycles. The molecule has 1 amide bonds. The van der Waals surface area contributed by atoms with Crippen LogP contribution in [0.5, 0.6) is 0 Å². The van der Waals surface area contributed by atoms with Crippen LogP contribution in [0.1, 0.15) is 37.6 Å². The first kappa shape index (κ1) is 14.2. The molecule has 0 spiro atoms. The Kier molecular flexibility index (Phi) is 3.23. The third-order valence-electron chi connectivity index (χ3n) is 5.62. The Labute approximate surface area is 140 Å². The minimum Gasteiger partial charge on any atom is -0.370 e. The van der Waals surface area contributed by atoms with Gasteiger partial charge in [0.05, 0.1) is 11.0 Å². The molecule has 5 rings (SSSR count). The topological polar surface area (TPSA) is 67.0 Å². The van der Waals surface area contributed by atoms with Gasteiger partial charge in [0.25, 0.3) is 0 Å². The van der Waals surface area contributed by atoms with E-state index in [1.807, 2.05) is 18.2 Å². The van der Waals surface area contributed by atoms with Gasteiger partial charge >= 0.3 is 0 Å². The molecule has 2 bridgehead atoms. The van der Waals surface area contributed by atoms with Gasteiger partial charge in [0.15, 0.2) is 0 Å². The molecular weight excluding hydrogens is 302 g/mol. The summed E-state index contributed by atoms with van der Waals surface area (Å²) in [5.74, 6) is 2.20. The maximum absolute atomic E-state index is 12.6. The van der Waals surface area contributed by atoms with Crippen LogP contribution in [0.4, 0.5) is 5.69 Å². The molecule has 1 aromatic heterocycles. The van der Waals surface area contributed by atoms with Crippen molar-refractivity contribution in [2.75, 3.05) is 11.9 Å². The summed E-state index contributed by atoms with van der Waals surface area (Å²) in [7, 11) is 0. The SMILES string of the molecule is O=C(Nc1ccc2nc(C3CCCO3)[nH]c2c1)C1CC2C=CC1C2. The first-order chi connectivity index (χ1) is 11.8. The van der Waals surface area contributed by atoms with Gasteiger partial charge in [0.1, 0.15) is 11.9 Å². The van der Waals surface area contributed by atoms with Crippen LogP contribution in [-0.2, 0) is 9.53 Å². The fraction of sp³-hybridized carbons (Fsp3) is 0.474. The molecule has 4 atom stereocenters. The van der Waals surface area contributed by atoms with Crippen molar-refractivity contribution in [3.63, 3.8) is 0 Å². The highest BCUT2D eigenvalue weighted by Gasteiger charge is 2.39. The number of H-pyrrole nitrogens is 1. The van der Waals surface area contributed by atoms with E-state index in [1.54, 1.807) is 0 Å². The van der Waals surface area contributed by atoms with Crippen molar-refractivity contribution in [1.82, 2.24) is 9.97 Å². The van der Waals surface area contributed by atoms with E-state index in [4.69, 9.17) is 4.74 Å². The lowest BCUT2D eigenvalue weighted by Gasteiger charge is -2.17. The number of aromatic amines is 1. The standard InChI is InChI=1S/C19H21N3O2/c23-19(14-9-11-3-4-12(14)8-11)20-13-5-6-15-16(10-13)22-18(21-15)17-2-1-7-24-17/h3-6,10-12,14,17H,1-2,7-9H2,(H,20,23)(H,21,22). The molecule has 1 saturated heterocycles. The number of aromatic nitrogens is 2. The van der Waals surface area contributed by atoms with E-state index >= 15 is 0 Å². The molecule has 1 aliphatic heterocycles. The lowest BCUT2D eigenvalue weighted by Crippen LogP contribution is -2.25. The van der Waals surface area contributed by atoms with Crippen molar-refractivity contribution >= 4 is 22.6 Å². The smallest absolute Gasteiger partial charge is 0.228 e. The van der Waals surface area contributed by atoms with Gasteiger partial charge in [-0.25, -0.2) is 4.98 Å². The number of hydrogen-bond donors (Lipinski definition) is 2. The van der Waals surface area contributed by atoms with Gasteiger partial charge < -0.3 is 15.0 Å². The molecule has 2 aromatic rings. The summed E-state index contributed by atoms with van der Waals surface area (Å²) in [6.07, 6.45) is 8.78. The average molecular weight is 323 g/mol. The van der Waals surface area contributed by atoms with Gasteiger partial charge in [-0.3, -0.25) is 4.79 Å². The number of carbonyl (C=O) groups excluding carboxylic acids is 1. The van der Waals surface area contributed by atoms with E-state index in [9.17, 15) is 4.79 Å². The second-order valence-electron chi connectivity index (χ2n) is 7.23. The number of carbonyl (C=O) groups is 1. The van der Waals surface area contributed by atoms with Crippen LogP contribution in [0.15, 0.2) is 30.4 Å². The highest BCUT2D eigenvalue weighted by atomic mass is 16.5. The van der Waals surface area contributed by atoms with Crippen LogP contribution in [0.25, 0.3) is 11.0 Å². The number of imidazole rings is 1. The first-order valence-corrected chi connectivity index (χ1v) is 8.87. The summed E-state index contributed by atoms with van der Waals surface area (Å²) >= 11 is 0. The normalized spacial score (nSPS) is 31.2. The molecular formula is C19H21N3O2. The predicted molar refractivity (Wildman–Crippen MR) is 91.5 cm³/mol. The number of rotatable bonds is 3. The Balaban J connectivity index is 1.35. The Hall–Kier alpha value is -2.14. The van der Waals surface area contributed by atoms with E-state index in [2.05, 4.69) is 27.4 Å². The summed E-state index contributed by atoms with van der Waals surface area (Å²) in [5.41, 5.74) is 2.70. The number of hydrogen-bond acceptors (Lipinski definition) is 3. The molecule has 2 heterocycles. The zero-order valence-electron chi connectivity index (χ0n) is 13.5. The van der Waals surface area contributed by atoms with Crippen LogP contribution in [-0.4, -0.2) is 22.5 Å². The minimum atomic E-state index is 0.0799. The Morgan fingerprint density at radius 3 is 3.00 bits per heavy atom. The van der Waals surface area contributed by atoms with Crippen molar-refractivity contribution in [1.29, 1.82) is 0 Å². The number of ether oxygens (including phenoxy) is 1. The van der Waals surface area contributed by atoms with Crippen molar-refractivity contribution < 1.29 is 9.53 Å². The number of nitrogens with one attached hydrogen (secondary N) is 2. The monoisotopic (exact) mass is 323 g/mol. The van der Waals surface area contributed by atoms with Crippen LogP contribution in [0.2, 0.25) is 0 Å². The van der Waals surface area contributed by atoms with Crippen molar-refractivity contribution in [3.05, 3.63) is 36.2 Å². The van der Waals surface area contributed by atoms with E-state index in [1.165, 1.54) is 0 Å². The van der Waals surface area contributed by atoms with Crippen molar-refractivity contribution in [3.8, 4) is 0 Å². The van der Waals surface area contributed by atoms with Crippen LogP contribution >= 0.6 is 0 Å². The van der Waals surface area contributed by atoms with Gasteiger partial charge in [-0.15, -0.1) is 0 Å². The van der Waals surface area contributed by atoms with Gasteiger partial charge in [-0.2, -0.15) is 0 Å². The number of anilines is 1. The maximum Gasteiger partial charge on any atom is 0.228 e. The molecule has 4 unspecified atom stereocenters. The Morgan fingerprint density at radius 1 is 1.29 bits per heavy atom. The molecule has 2 aliphatic carbocycles. The van der Waals surface area contributed by atoms with Crippen molar-refractivity contribution in [2.45, 2.75) is 31.8 Å².